The molecule has 0 aromatic carbocycles. The highest BCUT2D eigenvalue weighted by Crippen LogP contribution is 2.25. The second-order valence-electron chi connectivity index (χ2n) is 4.22. The van der Waals surface area contributed by atoms with E-state index in [2.05, 4.69) is 0 Å². The van der Waals surface area contributed by atoms with Gasteiger partial charge < -0.3 is 9.32 Å². The molecule has 1 aromatic rings. The molecule has 0 saturated carbocycles. The number of hydrogen-bond donors (Lipinski definition) is 0. The third-order valence-corrected chi connectivity index (χ3v) is 2.67. The van der Waals surface area contributed by atoms with Crippen LogP contribution in [0.3, 0.4) is 0 Å². The lowest BCUT2D eigenvalue weighted by Gasteiger charge is -2.34. The highest BCUT2D eigenvalue weighted by atomic mass is 19.1. The van der Waals surface area contributed by atoms with E-state index >= 15 is 0 Å². The first kappa shape index (κ1) is 10.2. The van der Waals surface area contributed by atoms with Gasteiger partial charge >= 0.3 is 0 Å². The normalized spacial score (nSPS) is 26.7. The van der Waals surface area contributed by atoms with Gasteiger partial charge in [0.15, 0.2) is 5.76 Å². The molecule has 0 aliphatic carbocycles. The van der Waals surface area contributed by atoms with Crippen molar-refractivity contribution in [3.05, 3.63) is 24.2 Å². The summed E-state index contributed by atoms with van der Waals surface area (Å²) in [6.07, 6.45) is 2.68. The summed E-state index contributed by atoms with van der Waals surface area (Å²) in [6, 6.07) is 3.26. The average molecular weight is 211 g/mol. The van der Waals surface area contributed by atoms with Crippen molar-refractivity contribution in [2.75, 3.05) is 13.1 Å². The van der Waals surface area contributed by atoms with Crippen LogP contribution in [0.5, 0.6) is 0 Å². The largest absolute Gasteiger partial charge is 0.459 e. The van der Waals surface area contributed by atoms with E-state index in [1.807, 2.05) is 0 Å². The number of hydrogen-bond acceptors (Lipinski definition) is 2. The Labute approximate surface area is 87.9 Å². The van der Waals surface area contributed by atoms with Crippen molar-refractivity contribution >= 4 is 5.91 Å². The van der Waals surface area contributed by atoms with E-state index in [-0.39, 0.29) is 18.2 Å². The summed E-state index contributed by atoms with van der Waals surface area (Å²) in [5, 5.41) is 0. The van der Waals surface area contributed by atoms with E-state index in [0.717, 1.165) is 0 Å². The van der Waals surface area contributed by atoms with Gasteiger partial charge in [0.25, 0.3) is 5.91 Å². The summed E-state index contributed by atoms with van der Waals surface area (Å²) in [5.74, 6) is 0.0660. The number of alkyl halides is 1. The average Bonchev–Trinajstić information content (AvgIpc) is 2.67. The standard InChI is InChI=1S/C11H14FNO2/c1-11(12)5-3-6-13(8-11)10(14)9-4-2-7-15-9/h2,4,7H,3,5-6,8H2,1H3/t11-/m1/s1. The van der Waals surface area contributed by atoms with Crippen molar-refractivity contribution in [2.45, 2.75) is 25.4 Å². The molecule has 0 spiro atoms. The summed E-state index contributed by atoms with van der Waals surface area (Å²) < 4.78 is 18.7. The van der Waals surface area contributed by atoms with Gasteiger partial charge in [-0.05, 0) is 31.9 Å². The van der Waals surface area contributed by atoms with Gasteiger partial charge in [-0.2, -0.15) is 0 Å². The molecule has 3 nitrogen and oxygen atoms in total. The maximum Gasteiger partial charge on any atom is 0.289 e. The first-order valence-electron chi connectivity index (χ1n) is 5.10. The molecule has 1 saturated heterocycles. The van der Waals surface area contributed by atoms with E-state index < -0.39 is 5.67 Å². The van der Waals surface area contributed by atoms with Gasteiger partial charge in [-0.1, -0.05) is 0 Å². The number of likely N-dealkylation sites (tertiary alicyclic amines) is 1. The molecule has 1 aromatic heterocycles. The van der Waals surface area contributed by atoms with E-state index in [4.69, 9.17) is 4.42 Å². The molecule has 0 N–H and O–H groups in total. The van der Waals surface area contributed by atoms with Crippen molar-refractivity contribution < 1.29 is 13.6 Å². The summed E-state index contributed by atoms with van der Waals surface area (Å²) in [5.41, 5.74) is -1.26. The van der Waals surface area contributed by atoms with Gasteiger partial charge in [0.2, 0.25) is 0 Å². The van der Waals surface area contributed by atoms with Gasteiger partial charge in [0.05, 0.1) is 12.8 Å². The molecule has 15 heavy (non-hydrogen) atoms. The van der Waals surface area contributed by atoms with Crippen LogP contribution in [0.1, 0.15) is 30.3 Å². The monoisotopic (exact) mass is 211 g/mol. The maximum absolute atomic E-state index is 13.7. The topological polar surface area (TPSA) is 33.5 Å². The van der Waals surface area contributed by atoms with Crippen LogP contribution in [-0.2, 0) is 0 Å². The molecule has 0 bridgehead atoms. The van der Waals surface area contributed by atoms with Gasteiger partial charge in [0.1, 0.15) is 5.67 Å². The molecule has 1 aliphatic heterocycles. The molecule has 2 rings (SSSR count). The molecule has 4 heteroatoms. The van der Waals surface area contributed by atoms with Crippen LogP contribution in [0.15, 0.2) is 22.8 Å². The first-order valence-corrected chi connectivity index (χ1v) is 5.10. The Morgan fingerprint density at radius 2 is 2.47 bits per heavy atom. The van der Waals surface area contributed by atoms with Crippen LogP contribution in [-0.4, -0.2) is 29.6 Å². The number of carbonyl (C=O) groups excluding carboxylic acids is 1. The number of furan rings is 1. The number of nitrogens with zero attached hydrogens (tertiary/aromatic N) is 1. The molecule has 1 amide bonds. The third kappa shape index (κ3) is 2.19. The van der Waals surface area contributed by atoms with Gasteiger partial charge in [-0.25, -0.2) is 4.39 Å². The molecular weight excluding hydrogens is 197 g/mol. The van der Waals surface area contributed by atoms with Gasteiger partial charge in [-0.15, -0.1) is 0 Å². The van der Waals surface area contributed by atoms with Crippen molar-refractivity contribution in [1.29, 1.82) is 0 Å². The Balaban J connectivity index is 2.08. The predicted octanol–water partition coefficient (Wildman–Crippen LogP) is 2.24. The Bertz CT molecular complexity index is 345. The number of piperidine rings is 1. The van der Waals surface area contributed by atoms with E-state index in [0.29, 0.717) is 19.4 Å². The Kier molecular flexibility index (Phi) is 2.50. The number of amides is 1. The van der Waals surface area contributed by atoms with Crippen LogP contribution in [0, 0.1) is 0 Å². The Morgan fingerprint density at radius 3 is 3.07 bits per heavy atom. The second-order valence-corrected chi connectivity index (χ2v) is 4.22. The molecule has 2 heterocycles. The van der Waals surface area contributed by atoms with Crippen LogP contribution >= 0.6 is 0 Å². The number of halogens is 1. The van der Waals surface area contributed by atoms with E-state index in [1.165, 1.54) is 18.1 Å². The smallest absolute Gasteiger partial charge is 0.289 e. The molecule has 82 valence electrons. The zero-order chi connectivity index (χ0) is 10.9. The Morgan fingerprint density at radius 1 is 1.67 bits per heavy atom. The summed E-state index contributed by atoms with van der Waals surface area (Å²) in [6.45, 7) is 2.31. The lowest BCUT2D eigenvalue weighted by molar-refractivity contribution is 0.0393. The molecular formula is C11H14FNO2. The third-order valence-electron chi connectivity index (χ3n) is 2.67. The van der Waals surface area contributed by atoms with Crippen LogP contribution in [0.25, 0.3) is 0 Å². The molecule has 1 aliphatic rings. The quantitative estimate of drug-likeness (QED) is 0.713. The molecule has 0 unspecified atom stereocenters. The maximum atomic E-state index is 13.7. The van der Waals surface area contributed by atoms with Crippen molar-refractivity contribution in [2.24, 2.45) is 0 Å². The zero-order valence-electron chi connectivity index (χ0n) is 8.70. The van der Waals surface area contributed by atoms with Crippen molar-refractivity contribution in [3.63, 3.8) is 0 Å². The fourth-order valence-corrected chi connectivity index (χ4v) is 1.92. The fourth-order valence-electron chi connectivity index (χ4n) is 1.92. The minimum Gasteiger partial charge on any atom is -0.459 e. The highest BCUT2D eigenvalue weighted by molar-refractivity contribution is 5.91. The summed E-state index contributed by atoms with van der Waals surface area (Å²) in [7, 11) is 0. The lowest BCUT2D eigenvalue weighted by Crippen LogP contribution is -2.46. The predicted molar refractivity (Wildman–Crippen MR) is 53.4 cm³/mol. The minimum absolute atomic E-state index is 0.159. The van der Waals surface area contributed by atoms with Crippen molar-refractivity contribution in [3.8, 4) is 0 Å². The summed E-state index contributed by atoms with van der Waals surface area (Å²) in [4.78, 5) is 13.3. The SMILES string of the molecule is C[C@@]1(F)CCCN(C(=O)c2ccco2)C1. The number of rotatable bonds is 1. The Hall–Kier alpha value is -1.32. The van der Waals surface area contributed by atoms with E-state index in [9.17, 15) is 9.18 Å². The van der Waals surface area contributed by atoms with Crippen LogP contribution < -0.4 is 0 Å². The molecule has 0 radical (unpaired) electrons. The highest BCUT2D eigenvalue weighted by Gasteiger charge is 2.33. The number of carbonyl (C=O) groups is 1. The summed E-state index contributed by atoms with van der Waals surface area (Å²) >= 11 is 0. The fraction of sp³-hybridized carbons (Fsp3) is 0.545. The lowest BCUT2D eigenvalue weighted by atomic mass is 9.97. The van der Waals surface area contributed by atoms with Crippen molar-refractivity contribution in [1.82, 2.24) is 4.90 Å². The molecule has 1 atom stereocenters. The zero-order valence-corrected chi connectivity index (χ0v) is 8.70. The first-order chi connectivity index (χ1) is 7.08. The van der Waals surface area contributed by atoms with Gasteiger partial charge in [-0.3, -0.25) is 4.79 Å². The van der Waals surface area contributed by atoms with Crippen LogP contribution in [0.2, 0.25) is 0 Å². The van der Waals surface area contributed by atoms with E-state index in [1.54, 1.807) is 12.1 Å². The minimum atomic E-state index is -1.26. The van der Waals surface area contributed by atoms with Gasteiger partial charge in [0, 0.05) is 6.54 Å². The van der Waals surface area contributed by atoms with Crippen LogP contribution in [0.4, 0.5) is 4.39 Å². The molecule has 1 fully saturated rings. The second kappa shape index (κ2) is 3.68.